The number of carboxylic acids is 1. The first-order valence-corrected chi connectivity index (χ1v) is 4.58. The largest absolute Gasteiger partial charge is 0.478 e. The molecule has 5 heteroatoms. The van der Waals surface area contributed by atoms with Crippen LogP contribution in [0.3, 0.4) is 0 Å². The van der Waals surface area contributed by atoms with Crippen molar-refractivity contribution in [2.75, 3.05) is 0 Å². The molecule has 0 amide bonds. The fraction of sp³-hybridized carbons (Fsp3) is 0.200. The number of furan rings is 1. The van der Waals surface area contributed by atoms with E-state index in [9.17, 15) is 4.79 Å². The summed E-state index contributed by atoms with van der Waals surface area (Å²) in [6.07, 6.45) is 2.08. The van der Waals surface area contributed by atoms with Gasteiger partial charge in [-0.25, -0.2) is 4.79 Å². The van der Waals surface area contributed by atoms with Crippen molar-refractivity contribution >= 4 is 5.97 Å². The van der Waals surface area contributed by atoms with E-state index < -0.39 is 5.97 Å². The zero-order chi connectivity index (χ0) is 10.8. The number of hydrogen-bond acceptors (Lipinski definition) is 3. The second-order valence-corrected chi connectivity index (χ2v) is 3.06. The molecule has 0 spiro atoms. The van der Waals surface area contributed by atoms with Crippen LogP contribution in [-0.2, 0) is 6.42 Å². The number of nitrogens with zero attached hydrogens (tertiary/aromatic N) is 1. The average molecular weight is 206 g/mol. The number of aromatic nitrogens is 2. The summed E-state index contributed by atoms with van der Waals surface area (Å²) in [5, 5.41) is 15.7. The lowest BCUT2D eigenvalue weighted by Gasteiger charge is -1.95. The molecule has 2 aromatic heterocycles. The van der Waals surface area contributed by atoms with E-state index in [0.717, 1.165) is 0 Å². The number of aromatic amines is 1. The first-order valence-electron chi connectivity index (χ1n) is 4.58. The SMILES string of the molecule is CCc1[nH]nc(-c2ccco2)c1C(=O)O. The third kappa shape index (κ3) is 1.52. The maximum atomic E-state index is 11.1. The van der Waals surface area contributed by atoms with Crippen molar-refractivity contribution in [3.05, 3.63) is 29.7 Å². The van der Waals surface area contributed by atoms with Gasteiger partial charge in [-0.15, -0.1) is 0 Å². The minimum absolute atomic E-state index is 0.187. The van der Waals surface area contributed by atoms with Crippen molar-refractivity contribution in [1.29, 1.82) is 0 Å². The summed E-state index contributed by atoms with van der Waals surface area (Å²) in [6.45, 7) is 1.87. The van der Waals surface area contributed by atoms with Gasteiger partial charge in [0.25, 0.3) is 0 Å². The first-order chi connectivity index (χ1) is 7.24. The quantitative estimate of drug-likeness (QED) is 0.804. The number of aryl methyl sites for hydroxylation is 1. The molecule has 0 bridgehead atoms. The highest BCUT2D eigenvalue weighted by Crippen LogP contribution is 2.24. The molecule has 0 radical (unpaired) electrons. The second kappa shape index (κ2) is 3.61. The average Bonchev–Trinajstić information content (AvgIpc) is 2.85. The summed E-state index contributed by atoms with van der Waals surface area (Å²) in [5.41, 5.74) is 1.14. The normalized spacial score (nSPS) is 10.5. The minimum atomic E-state index is -0.994. The zero-order valence-corrected chi connectivity index (χ0v) is 8.15. The topological polar surface area (TPSA) is 79.1 Å². The molecule has 0 saturated heterocycles. The van der Waals surface area contributed by atoms with Gasteiger partial charge in [0.2, 0.25) is 0 Å². The molecule has 0 atom stereocenters. The Balaban J connectivity index is 2.58. The fourth-order valence-electron chi connectivity index (χ4n) is 1.46. The van der Waals surface area contributed by atoms with Gasteiger partial charge < -0.3 is 9.52 Å². The highest BCUT2D eigenvalue weighted by Gasteiger charge is 2.21. The van der Waals surface area contributed by atoms with E-state index in [1.54, 1.807) is 12.1 Å². The lowest BCUT2D eigenvalue weighted by molar-refractivity contribution is 0.0696. The lowest BCUT2D eigenvalue weighted by Crippen LogP contribution is -2.00. The summed E-state index contributed by atoms with van der Waals surface area (Å²) < 4.78 is 5.12. The standard InChI is InChI=1S/C10H10N2O3/c1-2-6-8(10(13)14)9(12-11-6)7-4-3-5-15-7/h3-5H,2H2,1H3,(H,11,12)(H,13,14). The molecule has 0 aliphatic carbocycles. The van der Waals surface area contributed by atoms with E-state index in [2.05, 4.69) is 10.2 Å². The Bertz CT molecular complexity index is 471. The molecule has 2 N–H and O–H groups in total. The maximum Gasteiger partial charge on any atom is 0.339 e. The molecule has 0 unspecified atom stereocenters. The molecule has 2 heterocycles. The highest BCUT2D eigenvalue weighted by molar-refractivity contribution is 5.95. The molecule has 0 aliphatic rings. The van der Waals surface area contributed by atoms with Gasteiger partial charge >= 0.3 is 5.97 Å². The molecule has 5 nitrogen and oxygen atoms in total. The van der Waals surface area contributed by atoms with Crippen molar-refractivity contribution in [1.82, 2.24) is 10.2 Å². The second-order valence-electron chi connectivity index (χ2n) is 3.06. The Hall–Kier alpha value is -2.04. The van der Waals surface area contributed by atoms with Crippen molar-refractivity contribution in [2.24, 2.45) is 0 Å². The molecular weight excluding hydrogens is 196 g/mol. The summed E-state index contributed by atoms with van der Waals surface area (Å²) in [5.74, 6) is -0.532. The Morgan fingerprint density at radius 1 is 1.67 bits per heavy atom. The van der Waals surface area contributed by atoms with Crippen LogP contribution in [0.5, 0.6) is 0 Å². The van der Waals surface area contributed by atoms with Crippen LogP contribution in [0.1, 0.15) is 23.0 Å². The molecule has 0 aromatic carbocycles. The van der Waals surface area contributed by atoms with Crippen LogP contribution in [0, 0.1) is 0 Å². The van der Waals surface area contributed by atoms with Gasteiger partial charge in [0.15, 0.2) is 5.76 Å². The molecule has 0 aliphatic heterocycles. The van der Waals surface area contributed by atoms with Crippen molar-refractivity contribution in [3.63, 3.8) is 0 Å². The third-order valence-electron chi connectivity index (χ3n) is 2.16. The van der Waals surface area contributed by atoms with Gasteiger partial charge in [-0.1, -0.05) is 6.92 Å². The zero-order valence-electron chi connectivity index (χ0n) is 8.15. The van der Waals surface area contributed by atoms with E-state index in [0.29, 0.717) is 23.6 Å². The summed E-state index contributed by atoms with van der Waals surface area (Å²) >= 11 is 0. The van der Waals surface area contributed by atoms with E-state index >= 15 is 0 Å². The summed E-state index contributed by atoms with van der Waals surface area (Å²) in [6, 6.07) is 3.38. The lowest BCUT2D eigenvalue weighted by atomic mass is 10.1. The Labute approximate surface area is 85.7 Å². The predicted molar refractivity (Wildman–Crippen MR) is 52.6 cm³/mol. The third-order valence-corrected chi connectivity index (χ3v) is 2.16. The van der Waals surface area contributed by atoms with Crippen LogP contribution >= 0.6 is 0 Å². The molecule has 15 heavy (non-hydrogen) atoms. The number of hydrogen-bond donors (Lipinski definition) is 2. The number of carbonyl (C=O) groups is 1. The Morgan fingerprint density at radius 3 is 3.00 bits per heavy atom. The molecule has 0 fully saturated rings. The fourth-order valence-corrected chi connectivity index (χ4v) is 1.46. The van der Waals surface area contributed by atoms with Gasteiger partial charge in [-0.05, 0) is 18.6 Å². The van der Waals surface area contributed by atoms with Crippen LogP contribution in [0.2, 0.25) is 0 Å². The molecular formula is C10H10N2O3. The van der Waals surface area contributed by atoms with Gasteiger partial charge in [0.05, 0.1) is 12.0 Å². The van der Waals surface area contributed by atoms with Crippen molar-refractivity contribution in [3.8, 4) is 11.5 Å². The molecule has 78 valence electrons. The smallest absolute Gasteiger partial charge is 0.339 e. The van der Waals surface area contributed by atoms with E-state index in [1.165, 1.54) is 6.26 Å². The predicted octanol–water partition coefficient (Wildman–Crippen LogP) is 1.93. The monoisotopic (exact) mass is 206 g/mol. The number of H-pyrrole nitrogens is 1. The van der Waals surface area contributed by atoms with Crippen LogP contribution in [-0.4, -0.2) is 21.3 Å². The maximum absolute atomic E-state index is 11.1. The van der Waals surface area contributed by atoms with Gasteiger partial charge in [0.1, 0.15) is 11.3 Å². The number of aromatic carboxylic acids is 1. The molecule has 0 saturated carbocycles. The first kappa shape index (κ1) is 9.51. The number of nitrogens with one attached hydrogen (secondary N) is 1. The Morgan fingerprint density at radius 2 is 2.47 bits per heavy atom. The van der Waals surface area contributed by atoms with E-state index in [4.69, 9.17) is 9.52 Å². The van der Waals surface area contributed by atoms with Gasteiger partial charge in [0, 0.05) is 0 Å². The van der Waals surface area contributed by atoms with Crippen LogP contribution in [0.15, 0.2) is 22.8 Å². The minimum Gasteiger partial charge on any atom is -0.478 e. The van der Waals surface area contributed by atoms with Crippen molar-refractivity contribution in [2.45, 2.75) is 13.3 Å². The van der Waals surface area contributed by atoms with E-state index in [-0.39, 0.29) is 5.56 Å². The van der Waals surface area contributed by atoms with Crippen LogP contribution in [0.25, 0.3) is 11.5 Å². The molecule has 2 aromatic rings. The van der Waals surface area contributed by atoms with Crippen LogP contribution < -0.4 is 0 Å². The number of carboxylic acid groups (broad SMARTS) is 1. The highest BCUT2D eigenvalue weighted by atomic mass is 16.4. The number of rotatable bonds is 3. The Kier molecular flexibility index (Phi) is 2.29. The van der Waals surface area contributed by atoms with Crippen molar-refractivity contribution < 1.29 is 14.3 Å². The van der Waals surface area contributed by atoms with Gasteiger partial charge in [-0.2, -0.15) is 5.10 Å². The van der Waals surface area contributed by atoms with Crippen LogP contribution in [0.4, 0.5) is 0 Å². The summed E-state index contributed by atoms with van der Waals surface area (Å²) in [7, 11) is 0. The van der Waals surface area contributed by atoms with Gasteiger partial charge in [-0.3, -0.25) is 5.10 Å². The summed E-state index contributed by atoms with van der Waals surface area (Å²) in [4.78, 5) is 11.1. The van der Waals surface area contributed by atoms with E-state index in [1.807, 2.05) is 6.92 Å². The molecule has 2 rings (SSSR count).